The molecule has 0 aliphatic heterocycles. The van der Waals surface area contributed by atoms with Crippen LogP contribution in [0.15, 0.2) is 30.3 Å². The number of phenols is 2. The van der Waals surface area contributed by atoms with Gasteiger partial charge >= 0.3 is 0 Å². The smallest absolute Gasteiger partial charge is 0.124 e. The molecule has 2 heteroatoms. The van der Waals surface area contributed by atoms with Crippen LogP contribution in [-0.4, -0.2) is 10.2 Å². The first-order valence-electron chi connectivity index (χ1n) is 8.10. The van der Waals surface area contributed by atoms with Crippen LogP contribution >= 0.6 is 0 Å². The van der Waals surface area contributed by atoms with Crippen molar-refractivity contribution in [3.63, 3.8) is 0 Å². The normalized spacial score (nSPS) is 12.5. The van der Waals surface area contributed by atoms with Gasteiger partial charge < -0.3 is 10.2 Å². The van der Waals surface area contributed by atoms with Gasteiger partial charge in [0, 0.05) is 16.7 Å². The topological polar surface area (TPSA) is 40.5 Å². The summed E-state index contributed by atoms with van der Waals surface area (Å²) in [4.78, 5) is 0. The number of aryl methyl sites for hydroxylation is 1. The van der Waals surface area contributed by atoms with Crippen LogP contribution in [0.5, 0.6) is 11.5 Å². The molecule has 2 aromatic rings. The third-order valence-corrected chi connectivity index (χ3v) is 4.18. The molecule has 124 valence electrons. The Morgan fingerprint density at radius 1 is 0.783 bits per heavy atom. The van der Waals surface area contributed by atoms with E-state index < -0.39 is 0 Å². The highest BCUT2D eigenvalue weighted by Crippen LogP contribution is 2.48. The first-order valence-corrected chi connectivity index (χ1v) is 8.10. The number of benzene rings is 2. The van der Waals surface area contributed by atoms with Gasteiger partial charge in [-0.3, -0.25) is 0 Å². The molecule has 2 aromatic carbocycles. The van der Waals surface area contributed by atoms with Crippen molar-refractivity contribution in [3.05, 3.63) is 47.0 Å². The lowest BCUT2D eigenvalue weighted by Crippen LogP contribution is -2.18. The highest BCUT2D eigenvalue weighted by atomic mass is 16.3. The van der Waals surface area contributed by atoms with E-state index in [2.05, 4.69) is 20.8 Å². The molecular weight excluding hydrogens is 284 g/mol. The van der Waals surface area contributed by atoms with Gasteiger partial charge in [-0.15, -0.1) is 0 Å². The molecule has 0 aliphatic rings. The molecule has 0 saturated carbocycles. The van der Waals surface area contributed by atoms with Crippen molar-refractivity contribution in [2.24, 2.45) is 0 Å². The fourth-order valence-corrected chi connectivity index (χ4v) is 2.97. The number of hydrogen-bond donors (Lipinski definition) is 2. The molecular formula is C21H28O2. The second kappa shape index (κ2) is 5.59. The molecule has 0 fully saturated rings. The van der Waals surface area contributed by atoms with Gasteiger partial charge in [0.25, 0.3) is 0 Å². The molecule has 2 rings (SSSR count). The molecule has 0 spiro atoms. The SMILES string of the molecule is Cc1ccc(-c2c(O)cc(C(C)(C)C)c(O)c2C(C)(C)C)cc1. The average molecular weight is 312 g/mol. The van der Waals surface area contributed by atoms with Crippen LogP contribution in [0.1, 0.15) is 58.2 Å². The predicted molar refractivity (Wildman–Crippen MR) is 97.3 cm³/mol. The summed E-state index contributed by atoms with van der Waals surface area (Å²) in [5, 5.41) is 21.7. The first-order chi connectivity index (χ1) is 10.4. The molecule has 2 nitrogen and oxygen atoms in total. The summed E-state index contributed by atoms with van der Waals surface area (Å²) >= 11 is 0. The number of rotatable bonds is 1. The maximum Gasteiger partial charge on any atom is 0.124 e. The lowest BCUT2D eigenvalue weighted by atomic mass is 9.75. The van der Waals surface area contributed by atoms with Crippen molar-refractivity contribution in [1.82, 2.24) is 0 Å². The highest BCUT2D eigenvalue weighted by Gasteiger charge is 2.31. The Morgan fingerprint density at radius 3 is 1.74 bits per heavy atom. The van der Waals surface area contributed by atoms with Crippen molar-refractivity contribution >= 4 is 0 Å². The maximum absolute atomic E-state index is 11.0. The molecule has 0 bridgehead atoms. The molecule has 0 radical (unpaired) electrons. The van der Waals surface area contributed by atoms with E-state index in [1.165, 1.54) is 5.56 Å². The van der Waals surface area contributed by atoms with Gasteiger partial charge in [-0.1, -0.05) is 71.4 Å². The Morgan fingerprint density at radius 2 is 1.30 bits per heavy atom. The molecule has 0 amide bonds. The van der Waals surface area contributed by atoms with Crippen molar-refractivity contribution in [3.8, 4) is 22.6 Å². The van der Waals surface area contributed by atoms with E-state index in [4.69, 9.17) is 0 Å². The zero-order valence-electron chi connectivity index (χ0n) is 15.3. The minimum absolute atomic E-state index is 0.224. The highest BCUT2D eigenvalue weighted by molar-refractivity contribution is 5.79. The Balaban J connectivity index is 2.87. The van der Waals surface area contributed by atoms with Gasteiger partial charge in [0.1, 0.15) is 11.5 Å². The van der Waals surface area contributed by atoms with Gasteiger partial charge in [-0.05, 0) is 29.4 Å². The lowest BCUT2D eigenvalue weighted by molar-refractivity contribution is 0.414. The third-order valence-electron chi connectivity index (χ3n) is 4.18. The van der Waals surface area contributed by atoms with Gasteiger partial charge in [0.2, 0.25) is 0 Å². The summed E-state index contributed by atoms with van der Waals surface area (Å²) in [6.45, 7) is 14.3. The fourth-order valence-electron chi connectivity index (χ4n) is 2.97. The van der Waals surface area contributed by atoms with Crippen molar-refractivity contribution in [2.75, 3.05) is 0 Å². The van der Waals surface area contributed by atoms with Crippen molar-refractivity contribution in [1.29, 1.82) is 0 Å². The van der Waals surface area contributed by atoms with Crippen molar-refractivity contribution < 1.29 is 10.2 Å². The molecule has 2 N–H and O–H groups in total. The van der Waals surface area contributed by atoms with E-state index in [1.807, 2.05) is 52.0 Å². The fraction of sp³-hybridized carbons (Fsp3) is 0.429. The van der Waals surface area contributed by atoms with Crippen LogP contribution in [0.4, 0.5) is 0 Å². The number of aromatic hydroxyl groups is 2. The van der Waals surface area contributed by atoms with Crippen LogP contribution in [-0.2, 0) is 10.8 Å². The molecule has 0 aromatic heterocycles. The molecule has 0 atom stereocenters. The number of phenolic OH excluding ortho intramolecular Hbond substituents is 2. The second-order valence-electron chi connectivity index (χ2n) is 8.41. The minimum Gasteiger partial charge on any atom is -0.507 e. The first kappa shape index (κ1) is 17.4. The quantitative estimate of drug-likeness (QED) is 0.666. The summed E-state index contributed by atoms with van der Waals surface area (Å²) in [6.07, 6.45) is 0. The standard InChI is InChI=1S/C21H28O2/c1-13-8-10-14(11-9-13)17-16(22)12-15(20(2,3)4)19(23)18(17)21(5,6)7/h8-12,22-23H,1-7H3. The van der Waals surface area contributed by atoms with Gasteiger partial charge in [-0.2, -0.15) is 0 Å². The summed E-state index contributed by atoms with van der Waals surface area (Å²) < 4.78 is 0. The van der Waals surface area contributed by atoms with E-state index in [0.717, 1.165) is 22.3 Å². The molecule has 0 aliphatic carbocycles. The van der Waals surface area contributed by atoms with Crippen LogP contribution in [0.25, 0.3) is 11.1 Å². The Kier molecular flexibility index (Phi) is 4.23. The molecule has 0 heterocycles. The summed E-state index contributed by atoms with van der Waals surface area (Å²) in [7, 11) is 0. The van der Waals surface area contributed by atoms with Gasteiger partial charge in [0.15, 0.2) is 0 Å². The summed E-state index contributed by atoms with van der Waals surface area (Å²) in [5.74, 6) is 0.514. The average Bonchev–Trinajstić information content (AvgIpc) is 2.39. The molecule has 23 heavy (non-hydrogen) atoms. The van der Waals surface area contributed by atoms with Gasteiger partial charge in [0.05, 0.1) is 0 Å². The molecule has 0 unspecified atom stereocenters. The predicted octanol–water partition coefficient (Wildman–Crippen LogP) is 5.67. The van der Waals surface area contributed by atoms with Crippen LogP contribution in [0.2, 0.25) is 0 Å². The maximum atomic E-state index is 11.0. The van der Waals surface area contributed by atoms with Crippen LogP contribution < -0.4 is 0 Å². The third kappa shape index (κ3) is 3.36. The van der Waals surface area contributed by atoms with E-state index in [9.17, 15) is 10.2 Å². The Bertz CT molecular complexity index is 711. The van der Waals surface area contributed by atoms with Crippen LogP contribution in [0.3, 0.4) is 0 Å². The monoisotopic (exact) mass is 312 g/mol. The Hall–Kier alpha value is -1.96. The van der Waals surface area contributed by atoms with Gasteiger partial charge in [-0.25, -0.2) is 0 Å². The largest absolute Gasteiger partial charge is 0.507 e. The lowest BCUT2D eigenvalue weighted by Gasteiger charge is -2.30. The van der Waals surface area contributed by atoms with E-state index in [1.54, 1.807) is 6.07 Å². The van der Waals surface area contributed by atoms with E-state index >= 15 is 0 Å². The van der Waals surface area contributed by atoms with Crippen molar-refractivity contribution in [2.45, 2.75) is 59.3 Å². The summed E-state index contributed by atoms with van der Waals surface area (Å²) in [6, 6.07) is 9.75. The summed E-state index contributed by atoms with van der Waals surface area (Å²) in [5.41, 5.74) is 3.86. The van der Waals surface area contributed by atoms with E-state index in [0.29, 0.717) is 5.75 Å². The molecule has 0 saturated heterocycles. The number of hydrogen-bond acceptors (Lipinski definition) is 2. The van der Waals surface area contributed by atoms with Crippen LogP contribution in [0, 0.1) is 6.92 Å². The zero-order valence-corrected chi connectivity index (χ0v) is 15.3. The van der Waals surface area contributed by atoms with E-state index in [-0.39, 0.29) is 16.6 Å². The Labute approximate surface area is 139 Å². The second-order valence-corrected chi connectivity index (χ2v) is 8.41. The minimum atomic E-state index is -0.289. The zero-order chi connectivity index (χ0) is 17.6.